The van der Waals surface area contributed by atoms with E-state index >= 15 is 0 Å². The van der Waals surface area contributed by atoms with Gasteiger partial charge in [-0.1, -0.05) is 99.1 Å². The van der Waals surface area contributed by atoms with Crippen LogP contribution in [0.2, 0.25) is 0 Å². The van der Waals surface area contributed by atoms with Gasteiger partial charge >= 0.3 is 42.1 Å². The van der Waals surface area contributed by atoms with Crippen molar-refractivity contribution in [2.45, 2.75) is 66.2 Å². The molecule has 0 aliphatic carbocycles. The Morgan fingerprint density at radius 1 is 0.509 bits per heavy atom. The van der Waals surface area contributed by atoms with Crippen molar-refractivity contribution < 1.29 is 51.6 Å². The molecule has 0 spiro atoms. The average Bonchev–Trinajstić information content (AvgIpc) is 3.47. The first-order chi connectivity index (χ1) is 26.3. The zero-order chi connectivity index (χ0) is 38.5. The molecule has 0 bridgehead atoms. The monoisotopic (exact) mass is 1110 g/mol. The fourth-order valence-electron chi connectivity index (χ4n) is 6.73. The molecule has 0 aliphatic heterocycles. The quantitative estimate of drug-likeness (QED) is 0.148. The van der Waals surface area contributed by atoms with E-state index in [9.17, 15) is 0 Å². The van der Waals surface area contributed by atoms with Crippen molar-refractivity contribution in [1.82, 2.24) is 24.5 Å². The Morgan fingerprint density at radius 3 is 1.35 bits per heavy atom. The van der Waals surface area contributed by atoms with Gasteiger partial charge in [0.15, 0.2) is 0 Å². The van der Waals surface area contributed by atoms with Crippen molar-refractivity contribution in [3.05, 3.63) is 150 Å². The van der Waals surface area contributed by atoms with Crippen molar-refractivity contribution in [1.29, 1.82) is 0 Å². The largest absolute Gasteiger partial charge is 2.00 e. The normalized spacial score (nSPS) is 11.6. The molecular weight excluding hydrogens is 1070 g/mol. The van der Waals surface area contributed by atoms with E-state index in [0.717, 1.165) is 66.6 Å². The molecule has 0 saturated carbocycles. The van der Waals surface area contributed by atoms with Crippen molar-refractivity contribution in [2.75, 3.05) is 0 Å². The van der Waals surface area contributed by atoms with E-state index in [1.54, 1.807) is 18.5 Å². The van der Waals surface area contributed by atoms with Crippen LogP contribution in [0.25, 0.3) is 50.3 Å². The third-order valence-corrected chi connectivity index (χ3v) is 9.53. The van der Waals surface area contributed by atoms with Crippen LogP contribution < -0.4 is 9.47 Å². The van der Waals surface area contributed by atoms with E-state index in [1.807, 2.05) is 53.4 Å². The Bertz CT molecular complexity index is 2550. The molecule has 0 radical (unpaired) electrons. The first kappa shape index (κ1) is 41.7. The molecule has 7 nitrogen and oxygen atoms in total. The van der Waals surface area contributed by atoms with E-state index in [-0.39, 0.29) is 53.0 Å². The number of pyridine rings is 2. The molecule has 0 unspecified atom stereocenters. The summed E-state index contributed by atoms with van der Waals surface area (Å²) in [6.07, 6.45) is 7.09. The van der Waals surface area contributed by atoms with Gasteiger partial charge in [-0.3, -0.25) is 0 Å². The molecule has 4 heterocycles. The van der Waals surface area contributed by atoms with Crippen molar-refractivity contribution in [3.8, 4) is 51.5 Å². The second-order valence-electron chi connectivity index (χ2n) is 15.9. The summed E-state index contributed by atoms with van der Waals surface area (Å²) >= 11 is 0. The Hall–Kier alpha value is -4.96. The zero-order valence-electron chi connectivity index (χ0n) is 33.0. The Kier molecular flexibility index (Phi) is 12.1. The molecule has 0 amide bonds. The number of ether oxygens (including phenoxy) is 2. The molecule has 0 atom stereocenters. The number of benzene rings is 4. The summed E-state index contributed by atoms with van der Waals surface area (Å²) < 4.78 is 15.3. The Labute approximate surface area is 363 Å². The molecule has 8 aromatic rings. The summed E-state index contributed by atoms with van der Waals surface area (Å²) in [4.78, 5) is 18.5. The summed E-state index contributed by atoms with van der Waals surface area (Å²) in [7, 11) is 0. The molecule has 9 heteroatoms. The molecule has 0 N–H and O–H groups in total. The van der Waals surface area contributed by atoms with Gasteiger partial charge < -0.3 is 24.0 Å². The maximum Gasteiger partial charge on any atom is 2.00 e. The van der Waals surface area contributed by atoms with Crippen LogP contribution in [0.5, 0.6) is 23.0 Å². The number of hydrogen-bond donors (Lipinski definition) is 0. The Balaban J connectivity index is 0.00000275. The first-order valence-corrected chi connectivity index (χ1v) is 18.4. The van der Waals surface area contributed by atoms with Crippen molar-refractivity contribution >= 4 is 21.8 Å². The zero-order valence-corrected chi connectivity index (χ0v) is 37.5. The number of nitrogens with zero attached hydrogens (tertiary/aromatic N) is 5. The van der Waals surface area contributed by atoms with Gasteiger partial charge in [0.25, 0.3) is 0 Å². The molecule has 4 aromatic heterocycles. The van der Waals surface area contributed by atoms with Crippen LogP contribution in [0.15, 0.2) is 104 Å². The first-order valence-electron chi connectivity index (χ1n) is 18.4. The molecule has 0 saturated heterocycles. The number of fused-ring (bicyclic) bond motifs is 3. The van der Waals surface area contributed by atoms with Gasteiger partial charge in [-0.15, -0.1) is 59.7 Å². The molecule has 8 rings (SSSR count). The third-order valence-electron chi connectivity index (χ3n) is 9.53. The molecular formula is C48H41N5O2Pt2. The smallest absolute Gasteiger partial charge is 0.503 e. The van der Waals surface area contributed by atoms with Gasteiger partial charge in [-0.25, -0.2) is 9.97 Å². The topological polar surface area (TPSA) is 75.0 Å². The van der Waals surface area contributed by atoms with E-state index in [1.165, 1.54) is 0 Å². The summed E-state index contributed by atoms with van der Waals surface area (Å²) in [6, 6.07) is 40.3. The fourth-order valence-corrected chi connectivity index (χ4v) is 6.73. The van der Waals surface area contributed by atoms with E-state index in [0.29, 0.717) is 28.9 Å². The SMILES string of the molecule is Cc1ccnc(-c2[c-]c(Oc3[c-]c4c(cc3)c3ccc(Oc5[c-]c(-c6cc(C)ccn6)ccc5C(C)(C)C)[c-]c3n4-c3ncccn3)c(C(C)(C)C)cc2)c1.[Pt+2].[Pt+2]. The second-order valence-corrected chi connectivity index (χ2v) is 15.9. The minimum atomic E-state index is -0.201. The maximum atomic E-state index is 6.69. The van der Waals surface area contributed by atoms with E-state index in [2.05, 4.69) is 136 Å². The molecule has 290 valence electrons. The third kappa shape index (κ3) is 8.66. The number of hydrogen-bond acceptors (Lipinski definition) is 6. The molecule has 57 heavy (non-hydrogen) atoms. The minimum Gasteiger partial charge on any atom is -0.503 e. The van der Waals surface area contributed by atoms with Crippen LogP contribution in [-0.4, -0.2) is 24.5 Å². The predicted molar refractivity (Wildman–Crippen MR) is 218 cm³/mol. The van der Waals surface area contributed by atoms with Crippen molar-refractivity contribution in [2.24, 2.45) is 0 Å². The van der Waals surface area contributed by atoms with Crippen LogP contribution in [0.1, 0.15) is 63.8 Å². The van der Waals surface area contributed by atoms with E-state index in [4.69, 9.17) is 9.47 Å². The summed E-state index contributed by atoms with van der Waals surface area (Å²) in [6.45, 7) is 17.1. The number of aromatic nitrogens is 5. The van der Waals surface area contributed by atoms with E-state index < -0.39 is 0 Å². The van der Waals surface area contributed by atoms with Gasteiger partial charge in [-0.2, -0.15) is 22.9 Å². The van der Waals surface area contributed by atoms with Crippen LogP contribution in [-0.2, 0) is 53.0 Å². The van der Waals surface area contributed by atoms with Crippen LogP contribution in [0.4, 0.5) is 0 Å². The van der Waals surface area contributed by atoms with Crippen LogP contribution in [0.3, 0.4) is 0 Å². The summed E-state index contributed by atoms with van der Waals surface area (Å²) in [5.41, 5.74) is 8.77. The number of aryl methyl sites for hydroxylation is 2. The van der Waals surface area contributed by atoms with Gasteiger partial charge in [0.05, 0.1) is 0 Å². The molecule has 0 aliphatic rings. The van der Waals surface area contributed by atoms with Gasteiger partial charge in [0.2, 0.25) is 5.95 Å². The summed E-state index contributed by atoms with van der Waals surface area (Å²) in [5, 5.41) is 1.90. The molecule has 4 aromatic carbocycles. The minimum absolute atomic E-state index is 0. The van der Waals surface area contributed by atoms with Gasteiger partial charge in [0.1, 0.15) is 0 Å². The molecule has 0 fully saturated rings. The standard InChI is InChI=1S/C48H41N5O2.2Pt/c1-30-18-22-49-40(24-30)32-10-16-38(47(3,4)5)44(26-32)54-34-12-14-36-37-15-13-35(29-43(37)53(42(36)28-34)46-51-20-9-21-52-46)55-45-27-33(11-17-39(45)48(6,7)8)41-25-31(2)19-23-50-41;;/h9-25H,1-8H3;;/q-4;2*+2. The van der Waals surface area contributed by atoms with Crippen LogP contribution >= 0.6 is 0 Å². The van der Waals surface area contributed by atoms with Gasteiger partial charge in [-0.05, 0) is 54.3 Å². The van der Waals surface area contributed by atoms with Gasteiger partial charge in [0, 0.05) is 47.8 Å². The van der Waals surface area contributed by atoms with Crippen molar-refractivity contribution in [3.63, 3.8) is 0 Å². The Morgan fingerprint density at radius 2 is 0.947 bits per heavy atom. The second kappa shape index (κ2) is 16.5. The number of rotatable bonds is 7. The summed E-state index contributed by atoms with van der Waals surface area (Å²) in [5.74, 6) is 2.79. The van der Waals surface area contributed by atoms with Crippen LogP contribution in [0, 0.1) is 38.1 Å². The maximum absolute atomic E-state index is 6.69. The fraction of sp³-hybridized carbons (Fsp3) is 0.208. The predicted octanol–water partition coefficient (Wildman–Crippen LogP) is 11.7. The average molecular weight is 1110 g/mol.